The number of rotatable bonds is 2. The number of nitrogens with one attached hydrogen (secondary N) is 1. The van der Waals surface area contributed by atoms with Gasteiger partial charge < -0.3 is 10.2 Å². The largest absolute Gasteiger partial charge is 0.417 e. The molecule has 1 aromatic carbocycles. The molecule has 0 bridgehead atoms. The lowest BCUT2D eigenvalue weighted by atomic mass is 10.0. The second-order valence-electron chi connectivity index (χ2n) is 5.24. The first-order chi connectivity index (χ1) is 9.77. The van der Waals surface area contributed by atoms with Crippen molar-refractivity contribution in [2.24, 2.45) is 0 Å². The zero-order valence-electron chi connectivity index (χ0n) is 11.5. The summed E-state index contributed by atoms with van der Waals surface area (Å²) in [5.41, 5.74) is -1.18. The quantitative estimate of drug-likeness (QED) is 0.758. The molecular formula is C14H16F3IN2O. The standard InChI is InChI=1S/C14H16F3IN2O/c1-20-6-4-10(5-7-20)19-13(21)11-3-2-9(18)8-12(11)14(15,16)17/h2-3,8,10H,4-7H2,1H3,(H,19,21). The van der Waals surface area contributed by atoms with E-state index in [4.69, 9.17) is 0 Å². The van der Waals surface area contributed by atoms with Crippen LogP contribution >= 0.6 is 22.6 Å². The Labute approximate surface area is 135 Å². The molecule has 1 heterocycles. The molecule has 0 aromatic heterocycles. The first kappa shape index (κ1) is 16.5. The highest BCUT2D eigenvalue weighted by atomic mass is 127. The maximum absolute atomic E-state index is 13.0. The van der Waals surface area contributed by atoms with Gasteiger partial charge in [0.05, 0.1) is 11.1 Å². The number of benzene rings is 1. The zero-order valence-corrected chi connectivity index (χ0v) is 13.7. The summed E-state index contributed by atoms with van der Waals surface area (Å²) in [4.78, 5) is 14.3. The van der Waals surface area contributed by atoms with E-state index in [0.717, 1.165) is 32.0 Å². The van der Waals surface area contributed by atoms with Gasteiger partial charge in [0.25, 0.3) is 5.91 Å². The van der Waals surface area contributed by atoms with E-state index in [0.29, 0.717) is 3.57 Å². The average Bonchev–Trinajstić information content (AvgIpc) is 2.40. The molecule has 116 valence electrons. The van der Waals surface area contributed by atoms with Gasteiger partial charge in [0.15, 0.2) is 0 Å². The molecule has 2 rings (SSSR count). The molecule has 0 unspecified atom stereocenters. The van der Waals surface area contributed by atoms with Gasteiger partial charge in [0.1, 0.15) is 0 Å². The number of carbonyl (C=O) groups is 1. The summed E-state index contributed by atoms with van der Waals surface area (Å²) in [7, 11) is 1.99. The van der Waals surface area contributed by atoms with Crippen molar-refractivity contribution in [3.63, 3.8) is 0 Å². The van der Waals surface area contributed by atoms with Crippen molar-refractivity contribution in [3.05, 3.63) is 32.9 Å². The molecule has 0 spiro atoms. The number of halogens is 4. The Hall–Kier alpha value is -0.830. The van der Waals surface area contributed by atoms with Crippen LogP contribution in [0.2, 0.25) is 0 Å². The topological polar surface area (TPSA) is 32.3 Å². The van der Waals surface area contributed by atoms with E-state index in [-0.39, 0.29) is 11.6 Å². The fourth-order valence-corrected chi connectivity index (χ4v) is 2.86. The first-order valence-corrected chi connectivity index (χ1v) is 7.71. The van der Waals surface area contributed by atoms with Crippen LogP contribution in [0.3, 0.4) is 0 Å². The van der Waals surface area contributed by atoms with Crippen molar-refractivity contribution < 1.29 is 18.0 Å². The Balaban J connectivity index is 2.16. The number of piperidine rings is 1. The summed E-state index contributed by atoms with van der Waals surface area (Å²) in [5.74, 6) is -0.645. The van der Waals surface area contributed by atoms with Crippen LogP contribution in [0, 0.1) is 3.57 Å². The fraction of sp³-hybridized carbons (Fsp3) is 0.500. The molecular weight excluding hydrogens is 396 g/mol. The van der Waals surface area contributed by atoms with Crippen molar-refractivity contribution in [2.45, 2.75) is 25.1 Å². The third-order valence-corrected chi connectivity index (χ3v) is 4.26. The third-order valence-electron chi connectivity index (χ3n) is 3.59. The molecule has 7 heteroatoms. The lowest BCUT2D eigenvalue weighted by Crippen LogP contribution is -2.43. The van der Waals surface area contributed by atoms with Gasteiger partial charge in [-0.2, -0.15) is 13.2 Å². The van der Waals surface area contributed by atoms with Crippen molar-refractivity contribution in [1.82, 2.24) is 10.2 Å². The van der Waals surface area contributed by atoms with Crippen LogP contribution in [0.15, 0.2) is 18.2 Å². The van der Waals surface area contributed by atoms with Gasteiger partial charge in [-0.25, -0.2) is 0 Å². The molecule has 1 aliphatic heterocycles. The van der Waals surface area contributed by atoms with Crippen LogP contribution in [0.1, 0.15) is 28.8 Å². The van der Waals surface area contributed by atoms with Gasteiger partial charge in [0, 0.05) is 9.61 Å². The van der Waals surface area contributed by atoms with Crippen molar-refractivity contribution in [1.29, 1.82) is 0 Å². The highest BCUT2D eigenvalue weighted by molar-refractivity contribution is 14.1. The molecule has 1 fully saturated rings. The van der Waals surface area contributed by atoms with E-state index in [1.165, 1.54) is 12.1 Å². The summed E-state index contributed by atoms with van der Waals surface area (Å²) in [6.07, 6.45) is -3.01. The van der Waals surface area contributed by atoms with E-state index in [1.807, 2.05) is 7.05 Å². The smallest absolute Gasteiger partial charge is 0.349 e. The number of likely N-dealkylation sites (tertiary alicyclic amines) is 1. The monoisotopic (exact) mass is 412 g/mol. The van der Waals surface area contributed by atoms with Crippen molar-refractivity contribution in [3.8, 4) is 0 Å². The van der Waals surface area contributed by atoms with E-state index >= 15 is 0 Å². The Morgan fingerprint density at radius 3 is 2.52 bits per heavy atom. The Kier molecular flexibility index (Phi) is 5.13. The van der Waals surface area contributed by atoms with Gasteiger partial charge in [-0.3, -0.25) is 4.79 Å². The summed E-state index contributed by atoms with van der Waals surface area (Å²) >= 11 is 1.81. The minimum absolute atomic E-state index is 0.0611. The number of hydrogen-bond donors (Lipinski definition) is 1. The number of nitrogens with zero attached hydrogens (tertiary/aromatic N) is 1. The zero-order chi connectivity index (χ0) is 15.6. The van der Waals surface area contributed by atoms with E-state index < -0.39 is 17.6 Å². The molecule has 1 saturated heterocycles. The van der Waals surface area contributed by atoms with E-state index in [9.17, 15) is 18.0 Å². The Morgan fingerprint density at radius 1 is 1.33 bits per heavy atom. The number of amides is 1. The van der Waals surface area contributed by atoms with Crippen LogP contribution in [0.4, 0.5) is 13.2 Å². The summed E-state index contributed by atoms with van der Waals surface area (Å²) < 4.78 is 39.5. The first-order valence-electron chi connectivity index (χ1n) is 6.63. The molecule has 1 N–H and O–H groups in total. The van der Waals surface area contributed by atoms with E-state index in [1.54, 1.807) is 22.6 Å². The van der Waals surface area contributed by atoms with Gasteiger partial charge in [-0.1, -0.05) is 0 Å². The molecule has 1 aliphatic rings. The number of carbonyl (C=O) groups excluding carboxylic acids is 1. The van der Waals surface area contributed by atoms with Crippen LogP contribution in [-0.4, -0.2) is 37.0 Å². The van der Waals surface area contributed by atoms with Crippen molar-refractivity contribution >= 4 is 28.5 Å². The lowest BCUT2D eigenvalue weighted by molar-refractivity contribution is -0.138. The summed E-state index contributed by atoms with van der Waals surface area (Å²) in [5, 5.41) is 2.72. The SMILES string of the molecule is CN1CCC(NC(=O)c2ccc(I)cc2C(F)(F)F)CC1. The van der Waals surface area contributed by atoms with Crippen LogP contribution in [0.25, 0.3) is 0 Å². The van der Waals surface area contributed by atoms with Gasteiger partial charge in [-0.15, -0.1) is 0 Å². The predicted octanol–water partition coefficient (Wildman–Crippen LogP) is 3.13. The molecule has 1 amide bonds. The molecule has 0 radical (unpaired) electrons. The summed E-state index contributed by atoms with van der Waals surface area (Å²) in [6.45, 7) is 1.67. The molecule has 0 aliphatic carbocycles. The van der Waals surface area contributed by atoms with Crippen LogP contribution in [-0.2, 0) is 6.18 Å². The minimum Gasteiger partial charge on any atom is -0.349 e. The van der Waals surface area contributed by atoms with Crippen molar-refractivity contribution in [2.75, 3.05) is 20.1 Å². The molecule has 3 nitrogen and oxygen atoms in total. The number of alkyl halides is 3. The third kappa shape index (κ3) is 4.32. The lowest BCUT2D eigenvalue weighted by Gasteiger charge is -2.29. The predicted molar refractivity (Wildman–Crippen MR) is 82.1 cm³/mol. The molecule has 0 saturated carbocycles. The average molecular weight is 412 g/mol. The Morgan fingerprint density at radius 2 is 1.95 bits per heavy atom. The highest BCUT2D eigenvalue weighted by Crippen LogP contribution is 2.33. The number of hydrogen-bond acceptors (Lipinski definition) is 2. The van der Waals surface area contributed by atoms with Crippen LogP contribution < -0.4 is 5.32 Å². The molecule has 21 heavy (non-hydrogen) atoms. The maximum Gasteiger partial charge on any atom is 0.417 e. The maximum atomic E-state index is 13.0. The van der Waals surface area contributed by atoms with Crippen LogP contribution in [0.5, 0.6) is 0 Å². The normalized spacial score (nSPS) is 17.8. The summed E-state index contributed by atoms with van der Waals surface area (Å²) in [6, 6.07) is 3.70. The van der Waals surface area contributed by atoms with Gasteiger partial charge >= 0.3 is 6.18 Å². The minimum atomic E-state index is -4.53. The van der Waals surface area contributed by atoms with Gasteiger partial charge in [-0.05, 0) is 73.8 Å². The molecule has 0 atom stereocenters. The van der Waals surface area contributed by atoms with Gasteiger partial charge in [0.2, 0.25) is 0 Å². The second kappa shape index (κ2) is 6.51. The Bertz CT molecular complexity index is 525. The molecule has 1 aromatic rings. The second-order valence-corrected chi connectivity index (χ2v) is 6.48. The fourth-order valence-electron chi connectivity index (χ4n) is 2.37. The van der Waals surface area contributed by atoms with E-state index in [2.05, 4.69) is 10.2 Å². The highest BCUT2D eigenvalue weighted by Gasteiger charge is 2.35.